The second-order valence-electron chi connectivity index (χ2n) is 8.71. The second-order valence-corrected chi connectivity index (χ2v) is 8.71. The van der Waals surface area contributed by atoms with Crippen molar-refractivity contribution in [1.29, 1.82) is 0 Å². The van der Waals surface area contributed by atoms with Gasteiger partial charge < -0.3 is 15.0 Å². The number of anilines is 2. The van der Waals surface area contributed by atoms with Gasteiger partial charge in [0.1, 0.15) is 11.6 Å². The van der Waals surface area contributed by atoms with Crippen molar-refractivity contribution in [2.45, 2.75) is 52.1 Å². The van der Waals surface area contributed by atoms with Crippen molar-refractivity contribution in [3.05, 3.63) is 53.2 Å². The van der Waals surface area contributed by atoms with E-state index in [1.165, 1.54) is 12.8 Å². The number of aromatic nitrogens is 4. The normalized spacial score (nSPS) is 18.1. The highest BCUT2D eigenvalue weighted by Gasteiger charge is 2.34. The highest BCUT2D eigenvalue weighted by atomic mass is 16.5. The van der Waals surface area contributed by atoms with E-state index >= 15 is 0 Å². The highest BCUT2D eigenvalue weighted by Crippen LogP contribution is 2.43. The standard InChI is InChI=1S/C24H28N6O2/c1-15(2)32-19-9-5-4-8-17(19)18-14-22(31)25-24-23(18)16(3)28-30(24)21-11-10-20(26-27-21)29-12-6-7-13-29/h4-5,8-11,15,18H,6-7,12-14H2,1-3H3,(H,25,31). The maximum atomic E-state index is 12.7. The molecule has 1 N–H and O–H groups in total. The summed E-state index contributed by atoms with van der Waals surface area (Å²) in [5, 5.41) is 16.6. The Morgan fingerprint density at radius 3 is 2.50 bits per heavy atom. The number of carbonyl (C=O) groups is 1. The van der Waals surface area contributed by atoms with Crippen LogP contribution in [0.1, 0.15) is 55.8 Å². The maximum absolute atomic E-state index is 12.7. The van der Waals surface area contributed by atoms with Crippen LogP contribution in [0.15, 0.2) is 36.4 Å². The summed E-state index contributed by atoms with van der Waals surface area (Å²) < 4.78 is 7.75. The first-order chi connectivity index (χ1) is 15.5. The molecular weight excluding hydrogens is 404 g/mol. The predicted molar refractivity (Wildman–Crippen MR) is 123 cm³/mol. The lowest BCUT2D eigenvalue weighted by Gasteiger charge is -2.26. The number of para-hydroxylation sites is 1. The van der Waals surface area contributed by atoms with E-state index in [0.717, 1.165) is 41.5 Å². The zero-order chi connectivity index (χ0) is 22.2. The third-order valence-corrected chi connectivity index (χ3v) is 6.04. The summed E-state index contributed by atoms with van der Waals surface area (Å²) in [6, 6.07) is 11.8. The average molecular weight is 433 g/mol. The van der Waals surface area contributed by atoms with E-state index in [9.17, 15) is 4.79 Å². The second kappa shape index (κ2) is 8.26. The van der Waals surface area contributed by atoms with Crippen LogP contribution >= 0.6 is 0 Å². The van der Waals surface area contributed by atoms with Crippen LogP contribution in [0.3, 0.4) is 0 Å². The lowest BCUT2D eigenvalue weighted by Crippen LogP contribution is -2.25. The summed E-state index contributed by atoms with van der Waals surface area (Å²) in [6.45, 7) is 8.00. The molecule has 4 heterocycles. The molecule has 166 valence electrons. The SMILES string of the molecule is Cc1nn(-c2ccc(N3CCCC3)nn2)c2c1C(c1ccccc1OC(C)C)CC(=O)N2. The number of amides is 1. The fourth-order valence-corrected chi connectivity index (χ4v) is 4.65. The largest absolute Gasteiger partial charge is 0.491 e. The Hall–Kier alpha value is -3.42. The Morgan fingerprint density at radius 2 is 1.78 bits per heavy atom. The molecule has 32 heavy (non-hydrogen) atoms. The molecule has 0 spiro atoms. The van der Waals surface area contributed by atoms with Crippen LogP contribution in [0.25, 0.3) is 5.82 Å². The van der Waals surface area contributed by atoms with Crippen LogP contribution in [-0.4, -0.2) is 45.1 Å². The number of ether oxygens (including phenoxy) is 1. The van der Waals surface area contributed by atoms with Crippen molar-refractivity contribution in [3.8, 4) is 11.6 Å². The van der Waals surface area contributed by atoms with E-state index in [0.29, 0.717) is 18.1 Å². The van der Waals surface area contributed by atoms with E-state index in [1.807, 2.05) is 57.2 Å². The zero-order valence-electron chi connectivity index (χ0n) is 18.7. The van der Waals surface area contributed by atoms with Crippen molar-refractivity contribution in [2.24, 2.45) is 0 Å². The lowest BCUT2D eigenvalue weighted by molar-refractivity contribution is -0.116. The molecule has 1 saturated heterocycles. The third-order valence-electron chi connectivity index (χ3n) is 6.04. The molecule has 0 bridgehead atoms. The third kappa shape index (κ3) is 3.70. The summed E-state index contributed by atoms with van der Waals surface area (Å²) in [7, 11) is 0. The Morgan fingerprint density at radius 1 is 1.06 bits per heavy atom. The van der Waals surface area contributed by atoms with Crippen molar-refractivity contribution >= 4 is 17.5 Å². The molecule has 0 saturated carbocycles. The van der Waals surface area contributed by atoms with Gasteiger partial charge >= 0.3 is 0 Å². The minimum atomic E-state index is -0.140. The molecule has 3 aromatic rings. The monoisotopic (exact) mass is 432 g/mol. The molecule has 0 aliphatic carbocycles. The van der Waals surface area contributed by atoms with E-state index in [4.69, 9.17) is 9.84 Å². The van der Waals surface area contributed by atoms with Gasteiger partial charge in [0, 0.05) is 36.6 Å². The van der Waals surface area contributed by atoms with Gasteiger partial charge in [0.05, 0.1) is 11.8 Å². The molecule has 2 aliphatic heterocycles. The van der Waals surface area contributed by atoms with Crippen LogP contribution in [0.2, 0.25) is 0 Å². The number of hydrogen-bond donors (Lipinski definition) is 1. The van der Waals surface area contributed by atoms with Crippen LogP contribution in [0.5, 0.6) is 5.75 Å². The molecule has 8 heteroatoms. The molecule has 5 rings (SSSR count). The first-order valence-corrected chi connectivity index (χ1v) is 11.2. The first-order valence-electron chi connectivity index (χ1n) is 11.2. The molecule has 8 nitrogen and oxygen atoms in total. The van der Waals surface area contributed by atoms with Crippen molar-refractivity contribution < 1.29 is 9.53 Å². The highest BCUT2D eigenvalue weighted by molar-refractivity contribution is 5.95. The minimum absolute atomic E-state index is 0.0428. The Balaban J connectivity index is 1.54. The topological polar surface area (TPSA) is 85.2 Å². The Labute approximate surface area is 187 Å². The summed E-state index contributed by atoms with van der Waals surface area (Å²) >= 11 is 0. The fourth-order valence-electron chi connectivity index (χ4n) is 4.65. The number of rotatable bonds is 5. The maximum Gasteiger partial charge on any atom is 0.226 e. The Bertz CT molecular complexity index is 1130. The molecule has 2 aromatic heterocycles. The van der Waals surface area contributed by atoms with Gasteiger partial charge in [-0.1, -0.05) is 18.2 Å². The summed E-state index contributed by atoms with van der Waals surface area (Å²) in [5.74, 6) is 2.74. The number of aryl methyl sites for hydroxylation is 1. The summed E-state index contributed by atoms with van der Waals surface area (Å²) in [6.07, 6.45) is 2.76. The van der Waals surface area contributed by atoms with Crippen molar-refractivity contribution in [1.82, 2.24) is 20.0 Å². The van der Waals surface area contributed by atoms with Gasteiger partial charge in [0.25, 0.3) is 0 Å². The number of fused-ring (bicyclic) bond motifs is 1. The van der Waals surface area contributed by atoms with Gasteiger partial charge in [0.2, 0.25) is 5.91 Å². The van der Waals surface area contributed by atoms with Gasteiger partial charge in [-0.3, -0.25) is 4.79 Å². The van der Waals surface area contributed by atoms with Gasteiger partial charge in [-0.2, -0.15) is 9.78 Å². The molecule has 1 fully saturated rings. The molecule has 1 unspecified atom stereocenters. The Kier molecular flexibility index (Phi) is 5.28. The first kappa shape index (κ1) is 20.5. The van der Waals surface area contributed by atoms with Gasteiger partial charge in [-0.05, 0) is 51.8 Å². The van der Waals surface area contributed by atoms with Crippen LogP contribution < -0.4 is 15.0 Å². The number of nitrogens with zero attached hydrogens (tertiary/aromatic N) is 5. The lowest BCUT2D eigenvalue weighted by atomic mass is 9.85. The van der Waals surface area contributed by atoms with E-state index < -0.39 is 0 Å². The van der Waals surface area contributed by atoms with Gasteiger partial charge in [-0.25, -0.2) is 0 Å². The molecule has 0 radical (unpaired) electrons. The molecule has 1 amide bonds. The quantitative estimate of drug-likeness (QED) is 0.660. The van der Waals surface area contributed by atoms with Crippen LogP contribution in [0.4, 0.5) is 11.6 Å². The van der Waals surface area contributed by atoms with Crippen LogP contribution in [-0.2, 0) is 4.79 Å². The smallest absolute Gasteiger partial charge is 0.226 e. The average Bonchev–Trinajstić information content (AvgIpc) is 3.42. The van der Waals surface area contributed by atoms with Gasteiger partial charge in [0.15, 0.2) is 11.6 Å². The predicted octanol–water partition coefficient (Wildman–Crippen LogP) is 3.83. The number of nitrogens with one attached hydrogen (secondary N) is 1. The number of benzene rings is 1. The fraction of sp³-hybridized carbons (Fsp3) is 0.417. The number of hydrogen-bond acceptors (Lipinski definition) is 6. The van der Waals surface area contributed by atoms with Crippen molar-refractivity contribution in [2.75, 3.05) is 23.3 Å². The van der Waals surface area contributed by atoms with Crippen molar-refractivity contribution in [3.63, 3.8) is 0 Å². The molecule has 1 aromatic carbocycles. The summed E-state index contributed by atoms with van der Waals surface area (Å²) in [4.78, 5) is 15.0. The molecule has 1 atom stereocenters. The van der Waals surface area contributed by atoms with Crippen LogP contribution in [0, 0.1) is 6.92 Å². The summed E-state index contributed by atoms with van der Waals surface area (Å²) in [5.41, 5.74) is 2.85. The molecule has 2 aliphatic rings. The van der Waals surface area contributed by atoms with E-state index in [2.05, 4.69) is 20.4 Å². The number of carbonyl (C=O) groups excluding carboxylic acids is 1. The molecular formula is C24H28N6O2. The van der Waals surface area contributed by atoms with E-state index in [-0.39, 0.29) is 17.9 Å². The minimum Gasteiger partial charge on any atom is -0.491 e. The zero-order valence-corrected chi connectivity index (χ0v) is 18.7. The van der Waals surface area contributed by atoms with Gasteiger partial charge in [-0.15, -0.1) is 10.2 Å². The van der Waals surface area contributed by atoms with E-state index in [1.54, 1.807) is 4.68 Å².